The maximum atomic E-state index is 14.1. The fraction of sp³-hybridized carbons (Fsp3) is 0.515. The smallest absolute Gasteiger partial charge is 0.338 e. The summed E-state index contributed by atoms with van der Waals surface area (Å²) in [5.74, 6) is -0.902. The number of hydrogen-bond donors (Lipinski definition) is 2. The van der Waals surface area contributed by atoms with E-state index in [-0.39, 0.29) is 30.8 Å². The highest BCUT2D eigenvalue weighted by molar-refractivity contribution is 6.08. The summed E-state index contributed by atoms with van der Waals surface area (Å²) in [5.41, 5.74) is 0.988. The summed E-state index contributed by atoms with van der Waals surface area (Å²) in [4.78, 5) is 56.9. The topological polar surface area (TPSA) is 108 Å². The number of ketones is 1. The molecule has 9 nitrogen and oxygen atoms in total. The molecule has 42 heavy (non-hydrogen) atoms. The molecule has 3 amide bonds. The van der Waals surface area contributed by atoms with E-state index in [0.717, 1.165) is 31.4 Å². The number of rotatable bonds is 6. The van der Waals surface area contributed by atoms with Crippen molar-refractivity contribution in [3.05, 3.63) is 54.1 Å². The highest BCUT2D eigenvalue weighted by Crippen LogP contribution is 2.37. The van der Waals surface area contributed by atoms with E-state index >= 15 is 0 Å². The summed E-state index contributed by atoms with van der Waals surface area (Å²) in [6.45, 7) is 11.1. The Labute approximate surface area is 249 Å². The third-order valence-electron chi connectivity index (χ3n) is 7.64. The molecule has 1 atom stereocenters. The van der Waals surface area contributed by atoms with E-state index in [2.05, 4.69) is 15.5 Å². The molecule has 0 spiro atoms. The van der Waals surface area contributed by atoms with Crippen molar-refractivity contribution < 1.29 is 23.9 Å². The number of para-hydroxylation sites is 2. The first-order valence-corrected chi connectivity index (χ1v) is 14.8. The fourth-order valence-corrected chi connectivity index (χ4v) is 5.39. The Balaban J connectivity index is 1.61. The van der Waals surface area contributed by atoms with E-state index in [9.17, 15) is 19.2 Å². The van der Waals surface area contributed by atoms with Crippen LogP contribution in [0, 0.1) is 5.41 Å². The minimum Gasteiger partial charge on any atom is -0.456 e. The minimum atomic E-state index is -0.902. The van der Waals surface area contributed by atoms with Gasteiger partial charge in [0.25, 0.3) is 5.91 Å². The number of carbonyl (C=O) groups is 4. The predicted octanol–water partition coefficient (Wildman–Crippen LogP) is 5.93. The van der Waals surface area contributed by atoms with Crippen LogP contribution in [0.1, 0.15) is 84.0 Å². The van der Waals surface area contributed by atoms with Gasteiger partial charge < -0.3 is 25.2 Å². The second-order valence-corrected chi connectivity index (χ2v) is 13.3. The van der Waals surface area contributed by atoms with Gasteiger partial charge in [-0.25, -0.2) is 9.59 Å². The maximum Gasteiger partial charge on any atom is 0.338 e. The zero-order valence-corrected chi connectivity index (χ0v) is 25.7. The minimum absolute atomic E-state index is 0.0704. The Morgan fingerprint density at radius 2 is 1.57 bits per heavy atom. The number of benzene rings is 2. The molecule has 2 aromatic carbocycles. The first-order valence-electron chi connectivity index (χ1n) is 14.8. The molecule has 0 bridgehead atoms. The molecule has 1 aliphatic carbocycles. The van der Waals surface area contributed by atoms with Crippen LogP contribution in [0.2, 0.25) is 0 Å². The number of hydrogen-bond acceptors (Lipinski definition) is 6. The zero-order valence-electron chi connectivity index (χ0n) is 25.7. The summed E-state index contributed by atoms with van der Waals surface area (Å²) < 4.78 is 5.45. The van der Waals surface area contributed by atoms with E-state index in [4.69, 9.17) is 4.74 Å². The van der Waals surface area contributed by atoms with Crippen molar-refractivity contribution in [2.24, 2.45) is 5.41 Å². The van der Waals surface area contributed by atoms with Gasteiger partial charge >= 0.3 is 12.0 Å². The van der Waals surface area contributed by atoms with Gasteiger partial charge in [-0.2, -0.15) is 0 Å². The lowest BCUT2D eigenvalue weighted by molar-refractivity contribution is -0.127. The molecule has 1 heterocycles. The second kappa shape index (κ2) is 12.5. The van der Waals surface area contributed by atoms with Crippen molar-refractivity contribution in [1.29, 1.82) is 0 Å². The molecule has 0 radical (unpaired) electrons. The normalized spacial score (nSPS) is 18.1. The Morgan fingerprint density at radius 1 is 0.905 bits per heavy atom. The summed E-state index contributed by atoms with van der Waals surface area (Å²) >= 11 is 0. The standard InChI is InChI=1S/C33H44N4O5/c1-32(2,3)28(38)21-37-27-18-11-10-17-26(27)36(24-15-8-7-9-16-24)20-25(29(37)39)35-31(41)34-23-14-12-13-22(19-23)30(40)42-33(4,5)6/h10-14,17-19,24-25H,7-9,15-16,20-21H2,1-6H3,(H2,34,35,41). The first-order chi connectivity index (χ1) is 19.7. The molecule has 9 heteroatoms. The average Bonchev–Trinajstić information content (AvgIpc) is 3.03. The van der Waals surface area contributed by atoms with Crippen molar-refractivity contribution in [2.75, 3.05) is 28.2 Å². The SMILES string of the molecule is CC(C)(C)OC(=O)c1cccc(NC(=O)NC2CN(C3CCCCC3)c3ccccc3N(CC(=O)C(C)(C)C)C2=O)c1. The van der Waals surface area contributed by atoms with Crippen LogP contribution < -0.4 is 20.4 Å². The van der Waals surface area contributed by atoms with Crippen LogP contribution in [0.4, 0.5) is 21.9 Å². The molecule has 1 unspecified atom stereocenters. The second-order valence-electron chi connectivity index (χ2n) is 13.3. The van der Waals surface area contributed by atoms with Crippen LogP contribution in [-0.2, 0) is 14.3 Å². The van der Waals surface area contributed by atoms with Gasteiger partial charge in [0.1, 0.15) is 11.6 Å². The first kappa shape index (κ1) is 31.1. The number of anilines is 3. The molecular weight excluding hydrogens is 532 g/mol. The Hall–Kier alpha value is -3.88. The highest BCUT2D eigenvalue weighted by atomic mass is 16.6. The molecule has 226 valence electrons. The van der Waals surface area contributed by atoms with Gasteiger partial charge in [-0.3, -0.25) is 9.59 Å². The van der Waals surface area contributed by atoms with Crippen LogP contribution >= 0.6 is 0 Å². The van der Waals surface area contributed by atoms with E-state index in [1.54, 1.807) is 45.0 Å². The van der Waals surface area contributed by atoms with Gasteiger partial charge in [-0.1, -0.05) is 58.2 Å². The molecule has 0 saturated heterocycles. The van der Waals surface area contributed by atoms with Gasteiger partial charge in [0, 0.05) is 23.7 Å². The number of amides is 3. The number of esters is 1. The van der Waals surface area contributed by atoms with Crippen LogP contribution in [0.25, 0.3) is 0 Å². The van der Waals surface area contributed by atoms with Gasteiger partial charge in [0.05, 0.1) is 23.5 Å². The summed E-state index contributed by atoms with van der Waals surface area (Å²) in [7, 11) is 0. The molecule has 2 aliphatic rings. The van der Waals surface area contributed by atoms with Gasteiger partial charge in [0.15, 0.2) is 5.78 Å². The zero-order chi connectivity index (χ0) is 30.7. The molecule has 1 aliphatic heterocycles. The van der Waals surface area contributed by atoms with Crippen molar-refractivity contribution in [2.45, 2.75) is 91.3 Å². The summed E-state index contributed by atoms with van der Waals surface area (Å²) in [5, 5.41) is 5.65. The fourth-order valence-electron chi connectivity index (χ4n) is 5.39. The molecule has 0 aromatic heterocycles. The molecule has 4 rings (SSSR count). The predicted molar refractivity (Wildman–Crippen MR) is 165 cm³/mol. The lowest BCUT2D eigenvalue weighted by atomic mass is 9.90. The highest BCUT2D eigenvalue weighted by Gasteiger charge is 2.39. The lowest BCUT2D eigenvalue weighted by Gasteiger charge is -2.37. The maximum absolute atomic E-state index is 14.1. The molecular formula is C33H44N4O5. The number of urea groups is 1. The van der Waals surface area contributed by atoms with Crippen LogP contribution in [0.5, 0.6) is 0 Å². The van der Waals surface area contributed by atoms with E-state index < -0.39 is 29.1 Å². The van der Waals surface area contributed by atoms with E-state index in [0.29, 0.717) is 16.9 Å². The molecule has 1 fully saturated rings. The third-order valence-corrected chi connectivity index (χ3v) is 7.64. The van der Waals surface area contributed by atoms with Crippen molar-refractivity contribution >= 4 is 40.8 Å². The molecule has 1 saturated carbocycles. The largest absolute Gasteiger partial charge is 0.456 e. The number of nitrogens with one attached hydrogen (secondary N) is 2. The van der Waals surface area contributed by atoms with Gasteiger partial charge in [0.2, 0.25) is 0 Å². The van der Waals surface area contributed by atoms with Crippen LogP contribution in [0.15, 0.2) is 48.5 Å². The third kappa shape index (κ3) is 7.69. The number of Topliss-reactive ketones (excluding diaryl/α,β-unsaturated/α-hetero) is 1. The van der Waals surface area contributed by atoms with Gasteiger partial charge in [-0.15, -0.1) is 0 Å². The van der Waals surface area contributed by atoms with Crippen molar-refractivity contribution in [1.82, 2.24) is 5.32 Å². The quantitative estimate of drug-likeness (QED) is 0.413. The van der Waals surface area contributed by atoms with E-state index in [1.165, 1.54) is 11.3 Å². The number of ether oxygens (including phenoxy) is 1. The Bertz CT molecular complexity index is 1320. The van der Waals surface area contributed by atoms with Crippen LogP contribution in [0.3, 0.4) is 0 Å². The summed E-state index contributed by atoms with van der Waals surface area (Å²) in [6, 6.07) is 12.9. The van der Waals surface area contributed by atoms with E-state index in [1.807, 2.05) is 45.0 Å². The number of nitrogens with zero attached hydrogens (tertiary/aromatic N) is 2. The average molecular weight is 577 g/mol. The molecule has 2 N–H and O–H groups in total. The summed E-state index contributed by atoms with van der Waals surface area (Å²) in [6.07, 6.45) is 5.40. The van der Waals surface area contributed by atoms with Crippen molar-refractivity contribution in [3.63, 3.8) is 0 Å². The van der Waals surface area contributed by atoms with Gasteiger partial charge in [-0.05, 0) is 63.9 Å². The number of fused-ring (bicyclic) bond motifs is 1. The monoisotopic (exact) mass is 576 g/mol. The molecule has 2 aromatic rings. The number of carbonyl (C=O) groups excluding carboxylic acids is 4. The Morgan fingerprint density at radius 3 is 2.21 bits per heavy atom. The Kier molecular flexibility index (Phi) is 9.28. The van der Waals surface area contributed by atoms with Crippen LogP contribution in [-0.4, -0.2) is 54.5 Å². The van der Waals surface area contributed by atoms with Crippen molar-refractivity contribution in [3.8, 4) is 0 Å². The lowest BCUT2D eigenvalue weighted by Crippen LogP contribution is -2.55.